The summed E-state index contributed by atoms with van der Waals surface area (Å²) in [5.41, 5.74) is 17.8. The highest BCUT2D eigenvalue weighted by atomic mass is 28.3. The summed E-state index contributed by atoms with van der Waals surface area (Å²) in [5.74, 6) is 0. The highest BCUT2D eigenvalue weighted by Gasteiger charge is 2.53. The maximum Gasteiger partial charge on any atom is 0.153 e. The third-order valence-electron chi connectivity index (χ3n) is 15.8. The number of hydrogen-bond acceptors (Lipinski definition) is 0. The molecule has 6 aromatic carbocycles. The maximum atomic E-state index is 2.74. The molecular formula is C55H60Si. The van der Waals surface area contributed by atoms with Crippen LogP contribution in [0.1, 0.15) is 134 Å². The number of benzene rings is 6. The zero-order chi connectivity index (χ0) is 39.3. The molecule has 6 aromatic rings. The highest BCUT2D eigenvalue weighted by molar-refractivity contribution is 7.13. The van der Waals surface area contributed by atoms with Gasteiger partial charge in [0.2, 0.25) is 0 Å². The van der Waals surface area contributed by atoms with Gasteiger partial charge >= 0.3 is 0 Å². The van der Waals surface area contributed by atoms with Crippen molar-refractivity contribution in [3.63, 3.8) is 0 Å². The van der Waals surface area contributed by atoms with Gasteiger partial charge in [0.15, 0.2) is 8.07 Å². The molecule has 56 heavy (non-hydrogen) atoms. The molecule has 9 rings (SSSR count). The Morgan fingerprint density at radius 3 is 0.839 bits per heavy atom. The van der Waals surface area contributed by atoms with Crippen molar-refractivity contribution in [2.24, 2.45) is 0 Å². The van der Waals surface area contributed by atoms with Gasteiger partial charge in [-0.3, -0.25) is 0 Å². The first-order valence-corrected chi connectivity index (χ1v) is 23.8. The standard InChI is InChI=1S/C55H60Si/c1-10-53(11-2)46-25-19-16-22-40(46)43-31-28-37(34-49(43)53)56(52(7,8)9,38-29-32-44-41-23-17-20-26-47(41)54(12-3,13-4)50(44)35-38)39-30-33-45-42-24-18-21-27-48(42)55(14-5,15-6)51(45)36-39/h16-36H,10-15H2,1-9H3. The second-order valence-corrected chi connectivity index (χ2v) is 23.0. The van der Waals surface area contributed by atoms with Crippen LogP contribution in [0.4, 0.5) is 0 Å². The van der Waals surface area contributed by atoms with Crippen molar-refractivity contribution in [2.45, 2.75) is 122 Å². The van der Waals surface area contributed by atoms with Crippen LogP contribution >= 0.6 is 0 Å². The van der Waals surface area contributed by atoms with Crippen molar-refractivity contribution in [1.29, 1.82) is 0 Å². The minimum absolute atomic E-state index is 0.0122. The summed E-state index contributed by atoms with van der Waals surface area (Å²) >= 11 is 0. The van der Waals surface area contributed by atoms with E-state index >= 15 is 0 Å². The molecule has 0 fully saturated rings. The topological polar surface area (TPSA) is 0 Å². The molecule has 0 spiro atoms. The summed E-state index contributed by atoms with van der Waals surface area (Å²) in [6.07, 6.45) is 6.59. The lowest BCUT2D eigenvalue weighted by Gasteiger charge is -2.46. The van der Waals surface area contributed by atoms with E-state index in [1.165, 1.54) is 66.8 Å². The second-order valence-electron chi connectivity index (χ2n) is 18.3. The van der Waals surface area contributed by atoms with Crippen molar-refractivity contribution >= 4 is 23.6 Å². The molecule has 0 atom stereocenters. The first kappa shape index (κ1) is 37.1. The average molecular weight is 749 g/mol. The SMILES string of the molecule is CCC1(CC)c2ccccc2-c2ccc([Si](c3ccc4c(c3)C(CC)(CC)c3ccccc3-4)(c3ccc4c(c3)C(CC)(CC)c3ccccc3-4)C(C)(C)C)cc21. The zero-order valence-electron chi connectivity index (χ0n) is 35.4. The van der Waals surface area contributed by atoms with E-state index < -0.39 is 8.07 Å². The molecule has 0 aliphatic heterocycles. The molecule has 1 heteroatoms. The minimum atomic E-state index is -2.83. The van der Waals surface area contributed by atoms with Gasteiger partial charge in [0.25, 0.3) is 0 Å². The lowest BCUT2D eigenvalue weighted by molar-refractivity contribution is 0.490. The van der Waals surface area contributed by atoms with Gasteiger partial charge in [-0.05, 0) is 126 Å². The molecule has 284 valence electrons. The lowest BCUT2D eigenvalue weighted by atomic mass is 9.74. The van der Waals surface area contributed by atoms with Crippen LogP contribution in [0.2, 0.25) is 5.04 Å². The van der Waals surface area contributed by atoms with Crippen LogP contribution in [0, 0.1) is 0 Å². The molecule has 3 aliphatic carbocycles. The molecule has 0 radical (unpaired) electrons. The predicted molar refractivity (Wildman–Crippen MR) is 244 cm³/mol. The molecule has 0 amide bonds. The molecule has 0 heterocycles. The van der Waals surface area contributed by atoms with Gasteiger partial charge in [0, 0.05) is 16.2 Å². The van der Waals surface area contributed by atoms with Crippen LogP contribution in [-0.2, 0) is 16.2 Å². The van der Waals surface area contributed by atoms with E-state index in [4.69, 9.17) is 0 Å². The Hall–Kier alpha value is -4.46. The van der Waals surface area contributed by atoms with Crippen molar-refractivity contribution in [1.82, 2.24) is 0 Å². The van der Waals surface area contributed by atoms with E-state index in [1.807, 2.05) is 0 Å². The van der Waals surface area contributed by atoms with Crippen LogP contribution in [0.25, 0.3) is 33.4 Å². The predicted octanol–water partition coefficient (Wildman–Crippen LogP) is 13.2. The summed E-state index contributed by atoms with van der Waals surface area (Å²) in [7, 11) is -2.83. The van der Waals surface area contributed by atoms with Crippen LogP contribution in [-0.4, -0.2) is 8.07 Å². The van der Waals surface area contributed by atoms with E-state index in [2.05, 4.69) is 190 Å². The van der Waals surface area contributed by atoms with Crippen molar-refractivity contribution in [3.05, 3.63) is 161 Å². The summed E-state index contributed by atoms with van der Waals surface area (Å²) in [4.78, 5) is 0. The van der Waals surface area contributed by atoms with E-state index in [1.54, 1.807) is 15.6 Å². The monoisotopic (exact) mass is 748 g/mol. The summed E-state index contributed by atoms with van der Waals surface area (Å²) in [6, 6.07) is 51.4. The highest BCUT2D eigenvalue weighted by Crippen LogP contribution is 2.56. The van der Waals surface area contributed by atoms with Crippen LogP contribution in [0.3, 0.4) is 0 Å². The van der Waals surface area contributed by atoms with Gasteiger partial charge in [-0.1, -0.05) is 190 Å². The van der Waals surface area contributed by atoms with Gasteiger partial charge in [0.1, 0.15) is 0 Å². The normalized spacial score (nSPS) is 16.4. The Bertz CT molecular complexity index is 2230. The smallest absolute Gasteiger partial charge is 0.0642 e. The minimum Gasteiger partial charge on any atom is -0.0642 e. The molecular weight excluding hydrogens is 689 g/mol. The zero-order valence-corrected chi connectivity index (χ0v) is 36.4. The van der Waals surface area contributed by atoms with Crippen molar-refractivity contribution < 1.29 is 0 Å². The van der Waals surface area contributed by atoms with Gasteiger partial charge in [-0.15, -0.1) is 0 Å². The number of fused-ring (bicyclic) bond motifs is 9. The molecule has 0 saturated heterocycles. The van der Waals surface area contributed by atoms with E-state index in [0.717, 1.165) is 38.5 Å². The Balaban J connectivity index is 1.39. The molecule has 0 aromatic heterocycles. The molecule has 3 aliphatic rings. The Morgan fingerprint density at radius 2 is 0.589 bits per heavy atom. The molecule has 0 saturated carbocycles. The fourth-order valence-corrected chi connectivity index (χ4v) is 18.6. The van der Waals surface area contributed by atoms with Crippen LogP contribution < -0.4 is 15.6 Å². The Labute approximate surface area is 338 Å². The quantitative estimate of drug-likeness (QED) is 0.102. The number of rotatable bonds is 9. The summed E-state index contributed by atoms with van der Waals surface area (Å²) in [6.45, 7) is 22.2. The van der Waals surface area contributed by atoms with Crippen molar-refractivity contribution in [2.75, 3.05) is 0 Å². The van der Waals surface area contributed by atoms with Crippen LogP contribution in [0.15, 0.2) is 127 Å². The maximum absolute atomic E-state index is 2.83. The molecule has 0 nitrogen and oxygen atoms in total. The van der Waals surface area contributed by atoms with Crippen LogP contribution in [0.5, 0.6) is 0 Å². The number of hydrogen-bond donors (Lipinski definition) is 0. The fourth-order valence-electron chi connectivity index (χ4n) is 12.9. The van der Waals surface area contributed by atoms with Gasteiger partial charge in [-0.2, -0.15) is 0 Å². The van der Waals surface area contributed by atoms with E-state index in [0.29, 0.717) is 0 Å². The third-order valence-corrected chi connectivity index (χ3v) is 21.6. The van der Waals surface area contributed by atoms with Gasteiger partial charge < -0.3 is 0 Å². The third kappa shape index (κ3) is 4.53. The molecule has 0 bridgehead atoms. The van der Waals surface area contributed by atoms with Crippen molar-refractivity contribution in [3.8, 4) is 33.4 Å². The second kappa shape index (κ2) is 13.0. The van der Waals surface area contributed by atoms with Gasteiger partial charge in [0.05, 0.1) is 0 Å². The Morgan fingerprint density at radius 1 is 0.339 bits per heavy atom. The average Bonchev–Trinajstić information content (AvgIpc) is 3.80. The first-order chi connectivity index (χ1) is 27.1. The largest absolute Gasteiger partial charge is 0.153 e. The molecule has 0 unspecified atom stereocenters. The van der Waals surface area contributed by atoms with E-state index in [9.17, 15) is 0 Å². The lowest BCUT2D eigenvalue weighted by Crippen LogP contribution is -2.72. The first-order valence-electron chi connectivity index (χ1n) is 21.8. The van der Waals surface area contributed by atoms with E-state index in [-0.39, 0.29) is 21.3 Å². The molecule has 0 N–H and O–H groups in total. The summed E-state index contributed by atoms with van der Waals surface area (Å²) < 4.78 is 0. The van der Waals surface area contributed by atoms with Gasteiger partial charge in [-0.25, -0.2) is 0 Å². The fraction of sp³-hybridized carbons (Fsp3) is 0.345. The summed E-state index contributed by atoms with van der Waals surface area (Å²) in [5, 5.41) is 4.60. The Kier molecular flexibility index (Phi) is 8.64.